The van der Waals surface area contributed by atoms with Crippen LogP contribution in [0.3, 0.4) is 0 Å². The Morgan fingerprint density at radius 1 is 1.12 bits per heavy atom. The number of aromatic nitrogens is 2. The number of aromatic amines is 2. The average molecular weight is 447 g/mol. The van der Waals surface area contributed by atoms with E-state index in [1.807, 2.05) is 11.1 Å². The van der Waals surface area contributed by atoms with Crippen molar-refractivity contribution < 1.29 is 20.8 Å². The fourth-order valence-electron chi connectivity index (χ4n) is 3.07. The van der Waals surface area contributed by atoms with Gasteiger partial charge in [0, 0.05) is 27.3 Å². The van der Waals surface area contributed by atoms with Gasteiger partial charge in [0.05, 0.1) is 16.9 Å². The highest BCUT2D eigenvalue weighted by atomic mass is 19.1. The van der Waals surface area contributed by atoms with Crippen molar-refractivity contribution in [3.05, 3.63) is 97.6 Å². The fourth-order valence-corrected chi connectivity index (χ4v) is 3.07. The minimum absolute atomic E-state index is 0. The maximum atomic E-state index is 13.5. The molecule has 1 atom stereocenters. The van der Waals surface area contributed by atoms with Crippen molar-refractivity contribution in [1.82, 2.24) is 15.3 Å². The highest BCUT2D eigenvalue weighted by Crippen LogP contribution is 2.19. The van der Waals surface area contributed by atoms with E-state index < -0.39 is 34.7 Å². The van der Waals surface area contributed by atoms with Crippen molar-refractivity contribution in [1.29, 1.82) is 0 Å². The molecule has 0 unspecified atom stereocenters. The lowest BCUT2D eigenvalue weighted by Gasteiger charge is -2.15. The molecule has 0 spiro atoms. The number of fused-ring (bicyclic) bond motifs is 1. The summed E-state index contributed by atoms with van der Waals surface area (Å²) in [4.78, 5) is 38.0. The molecular weight excluding hydrogens is 423 g/mol. The van der Waals surface area contributed by atoms with Crippen LogP contribution in [0.25, 0.3) is 10.9 Å². The summed E-state index contributed by atoms with van der Waals surface area (Å²) in [5.74, 6) is -1.91. The highest BCUT2D eigenvalue weighted by molar-refractivity contribution is 5.77. The van der Waals surface area contributed by atoms with Gasteiger partial charge in [0.1, 0.15) is 17.5 Å². The Bertz CT molecular complexity index is 1350. The second-order valence-corrected chi connectivity index (χ2v) is 7.21. The molecule has 3 aromatic rings. The Kier molecular flexibility index (Phi) is 7.12. The third-order valence-electron chi connectivity index (χ3n) is 4.82. The van der Waals surface area contributed by atoms with Crippen molar-refractivity contribution in [2.24, 2.45) is 0 Å². The Balaban J connectivity index is 0.000000340. The molecule has 2 aromatic carbocycles. The third-order valence-corrected chi connectivity index (χ3v) is 4.82. The maximum Gasteiger partial charge on any atom is 0.326 e. The molecule has 1 aliphatic rings. The first-order chi connectivity index (χ1) is 15.2. The third kappa shape index (κ3) is 5.86. The molecule has 32 heavy (non-hydrogen) atoms. The van der Waals surface area contributed by atoms with Crippen molar-refractivity contribution in [2.75, 3.05) is 0 Å². The zero-order valence-corrected chi connectivity index (χ0v) is 17.1. The lowest BCUT2D eigenvalue weighted by Crippen LogP contribution is -2.27. The van der Waals surface area contributed by atoms with Gasteiger partial charge >= 0.3 is 5.69 Å². The van der Waals surface area contributed by atoms with Crippen LogP contribution in [-0.2, 0) is 4.79 Å². The summed E-state index contributed by atoms with van der Waals surface area (Å²) in [6, 6.07) is 6.49. The van der Waals surface area contributed by atoms with E-state index in [0.29, 0.717) is 18.4 Å². The van der Waals surface area contributed by atoms with Crippen LogP contribution in [0.2, 0.25) is 0 Å². The fraction of sp³-hybridized carbons (Fsp3) is 0.217. The molecule has 170 valence electrons. The van der Waals surface area contributed by atoms with Gasteiger partial charge in [0.2, 0.25) is 5.91 Å². The van der Waals surface area contributed by atoms with E-state index >= 15 is 0 Å². The summed E-state index contributed by atoms with van der Waals surface area (Å²) < 4.78 is 39.0. The minimum atomic E-state index is -0.641. The molecule has 1 aliphatic carbocycles. The number of nitrogens with one attached hydrogen (secondary N) is 3. The van der Waals surface area contributed by atoms with Gasteiger partial charge in [-0.25, -0.2) is 18.0 Å². The molecule has 9 heteroatoms. The SMILES string of the molecule is C[C@@H](NC(=O)CCC1=C=CC1)c1ccc(F)cc1F.O=c1[nH]c(=O)c2cc(F)ccc2[nH]1.[HH].[HH]. The summed E-state index contributed by atoms with van der Waals surface area (Å²) in [6.07, 6.45) is 3.86. The quantitative estimate of drug-likeness (QED) is 0.510. The molecule has 6 nitrogen and oxygen atoms in total. The Labute approximate surface area is 183 Å². The molecule has 1 amide bonds. The van der Waals surface area contributed by atoms with Crippen molar-refractivity contribution >= 4 is 16.8 Å². The van der Waals surface area contributed by atoms with E-state index in [1.54, 1.807) is 6.92 Å². The summed E-state index contributed by atoms with van der Waals surface area (Å²) in [7, 11) is 0. The largest absolute Gasteiger partial charge is 0.349 e. The molecular formula is C23H24F3N3O3. The number of halogens is 3. The van der Waals surface area contributed by atoms with E-state index in [9.17, 15) is 27.6 Å². The van der Waals surface area contributed by atoms with Crippen molar-refractivity contribution in [3.8, 4) is 0 Å². The number of H-pyrrole nitrogens is 2. The van der Waals surface area contributed by atoms with Gasteiger partial charge in [-0.15, -0.1) is 5.73 Å². The van der Waals surface area contributed by atoms with Gasteiger partial charge in [0.15, 0.2) is 0 Å². The second-order valence-electron chi connectivity index (χ2n) is 7.21. The predicted molar refractivity (Wildman–Crippen MR) is 118 cm³/mol. The Morgan fingerprint density at radius 3 is 2.47 bits per heavy atom. The molecule has 0 saturated heterocycles. The van der Waals surface area contributed by atoms with Gasteiger partial charge < -0.3 is 10.3 Å². The first kappa shape index (κ1) is 22.8. The maximum absolute atomic E-state index is 13.5. The first-order valence-electron chi connectivity index (χ1n) is 9.82. The van der Waals surface area contributed by atoms with E-state index in [2.05, 4.69) is 16.0 Å². The van der Waals surface area contributed by atoms with E-state index in [1.165, 1.54) is 24.3 Å². The smallest absolute Gasteiger partial charge is 0.326 e. The van der Waals surface area contributed by atoms with Gasteiger partial charge in [-0.05, 0) is 49.3 Å². The molecule has 0 fully saturated rings. The predicted octanol–water partition coefficient (Wildman–Crippen LogP) is 4.25. The van der Waals surface area contributed by atoms with Crippen LogP contribution >= 0.6 is 0 Å². The number of amides is 1. The second kappa shape index (κ2) is 9.98. The first-order valence-corrected chi connectivity index (χ1v) is 9.82. The zero-order chi connectivity index (χ0) is 23.3. The molecule has 1 heterocycles. The van der Waals surface area contributed by atoms with Crippen LogP contribution in [0.5, 0.6) is 0 Å². The number of benzene rings is 2. The average Bonchev–Trinajstić information content (AvgIpc) is 2.67. The lowest BCUT2D eigenvalue weighted by atomic mass is 10.0. The molecule has 0 aliphatic heterocycles. The number of hydrogen-bond acceptors (Lipinski definition) is 3. The van der Waals surface area contributed by atoms with Crippen LogP contribution in [-0.4, -0.2) is 15.9 Å². The number of allylic oxidation sites excluding steroid dienone is 1. The Hall–Kier alpha value is -3.84. The van der Waals surface area contributed by atoms with Crippen molar-refractivity contribution in [2.45, 2.75) is 32.2 Å². The Morgan fingerprint density at radius 2 is 1.81 bits per heavy atom. The standard InChI is InChI=1S/C15H15F2NO.C8H5FN2O2.2H2/c1-10(13-7-6-12(16)9-14(13)17)18-15(19)8-5-11-3-2-4-11;9-4-1-2-6-5(3-4)7(12)11-8(13)10-6;;/h2,6-7,9-10H,3,5,8H2,1H3,(H,18,19);1-3H,(H2,10,11,12,13);2*1H/t10-;;;/m1.../s1. The lowest BCUT2D eigenvalue weighted by molar-refractivity contribution is -0.121. The zero-order valence-electron chi connectivity index (χ0n) is 17.1. The topological polar surface area (TPSA) is 94.8 Å². The monoisotopic (exact) mass is 447 g/mol. The van der Waals surface area contributed by atoms with Gasteiger partial charge in [-0.1, -0.05) is 6.07 Å². The molecule has 0 saturated carbocycles. The normalized spacial score (nSPS) is 12.9. The van der Waals surface area contributed by atoms with Gasteiger partial charge in [-0.3, -0.25) is 14.6 Å². The summed E-state index contributed by atoms with van der Waals surface area (Å²) in [5.41, 5.74) is 3.59. The van der Waals surface area contributed by atoms with Crippen LogP contribution < -0.4 is 16.6 Å². The van der Waals surface area contributed by atoms with E-state index in [0.717, 1.165) is 24.1 Å². The van der Waals surface area contributed by atoms with Crippen LogP contribution in [0.1, 0.15) is 40.6 Å². The van der Waals surface area contributed by atoms with Crippen LogP contribution in [0.15, 0.2) is 63.4 Å². The van der Waals surface area contributed by atoms with E-state index in [-0.39, 0.29) is 19.7 Å². The number of hydrogen-bond donors (Lipinski definition) is 3. The molecule has 1 aromatic heterocycles. The molecule has 0 bridgehead atoms. The highest BCUT2D eigenvalue weighted by Gasteiger charge is 2.14. The summed E-state index contributed by atoms with van der Waals surface area (Å²) in [5, 5.41) is 2.85. The molecule has 3 N–H and O–H groups in total. The van der Waals surface area contributed by atoms with Gasteiger partial charge in [0.25, 0.3) is 5.56 Å². The summed E-state index contributed by atoms with van der Waals surface area (Å²) >= 11 is 0. The molecule has 0 radical (unpaired) electrons. The minimum Gasteiger partial charge on any atom is -0.349 e. The van der Waals surface area contributed by atoms with Crippen LogP contribution in [0.4, 0.5) is 13.2 Å². The van der Waals surface area contributed by atoms with E-state index in [4.69, 9.17) is 0 Å². The van der Waals surface area contributed by atoms with Gasteiger partial charge in [-0.2, -0.15) is 0 Å². The number of carbonyl (C=O) groups excluding carboxylic acids is 1. The molecule has 4 rings (SSSR count). The number of carbonyl (C=O) groups is 1. The number of rotatable bonds is 5. The van der Waals surface area contributed by atoms with Crippen LogP contribution in [0, 0.1) is 17.5 Å². The summed E-state index contributed by atoms with van der Waals surface area (Å²) in [6.45, 7) is 1.68. The van der Waals surface area contributed by atoms with Crippen molar-refractivity contribution in [3.63, 3.8) is 0 Å².